The Hall–Kier alpha value is -2.85. The van der Waals surface area contributed by atoms with Crippen molar-refractivity contribution in [1.29, 1.82) is 0 Å². The highest BCUT2D eigenvalue weighted by atomic mass is 16.5. The summed E-state index contributed by atoms with van der Waals surface area (Å²) < 4.78 is 11.9. The molecule has 0 saturated carbocycles. The van der Waals surface area contributed by atoms with Gasteiger partial charge in [-0.3, -0.25) is 4.79 Å². The van der Waals surface area contributed by atoms with E-state index in [2.05, 4.69) is 56.0 Å². The van der Waals surface area contributed by atoms with E-state index in [1.165, 1.54) is 5.57 Å². The molecule has 0 aromatic heterocycles. The normalized spacial score (nSPS) is 25.5. The molecule has 2 heterocycles. The lowest BCUT2D eigenvalue weighted by atomic mass is 10.0. The average molecular weight is 446 g/mol. The molecule has 1 aromatic carbocycles. The van der Waals surface area contributed by atoms with Gasteiger partial charge < -0.3 is 14.4 Å². The van der Waals surface area contributed by atoms with Crippen molar-refractivity contribution in [2.24, 2.45) is 5.92 Å². The van der Waals surface area contributed by atoms with E-state index in [1.807, 2.05) is 30.0 Å². The zero-order chi connectivity index (χ0) is 23.2. The van der Waals surface area contributed by atoms with Gasteiger partial charge in [-0.2, -0.15) is 0 Å². The molecule has 0 spiro atoms. The maximum Gasteiger partial charge on any atom is 0.251 e. The largest absolute Gasteiger partial charge is 0.490 e. The second-order valence-corrected chi connectivity index (χ2v) is 9.18. The smallest absolute Gasteiger partial charge is 0.251 e. The van der Waals surface area contributed by atoms with Gasteiger partial charge in [0.1, 0.15) is 18.0 Å². The van der Waals surface area contributed by atoms with Gasteiger partial charge in [-0.05, 0) is 66.2 Å². The highest BCUT2D eigenvalue weighted by Crippen LogP contribution is 2.29. The quantitative estimate of drug-likeness (QED) is 0.568. The summed E-state index contributed by atoms with van der Waals surface area (Å²) in [4.78, 5) is 14.7. The van der Waals surface area contributed by atoms with Crippen molar-refractivity contribution in [2.45, 2.75) is 51.7 Å². The predicted octanol–water partition coefficient (Wildman–Crippen LogP) is 5.88. The van der Waals surface area contributed by atoms with Crippen LogP contribution in [0.15, 0.2) is 78.4 Å². The average Bonchev–Trinajstić information content (AvgIpc) is 3.17. The van der Waals surface area contributed by atoms with E-state index in [-0.39, 0.29) is 18.1 Å². The molecule has 4 heteroatoms. The molecule has 0 unspecified atom stereocenters. The second-order valence-electron chi connectivity index (χ2n) is 9.18. The lowest BCUT2D eigenvalue weighted by Crippen LogP contribution is -2.47. The first kappa shape index (κ1) is 23.3. The molecule has 3 aliphatic rings. The first-order valence-electron chi connectivity index (χ1n) is 12.1. The number of likely N-dealkylation sites (tertiary alicyclic amines) is 1. The monoisotopic (exact) mass is 445 g/mol. The van der Waals surface area contributed by atoms with Crippen molar-refractivity contribution in [3.63, 3.8) is 0 Å². The number of carbonyl (C=O) groups excluding carboxylic acids is 1. The third kappa shape index (κ3) is 5.75. The van der Waals surface area contributed by atoms with Crippen molar-refractivity contribution in [3.8, 4) is 5.75 Å². The second kappa shape index (κ2) is 10.8. The molecule has 0 bridgehead atoms. The molecule has 4 rings (SSSR count). The third-order valence-corrected chi connectivity index (χ3v) is 6.72. The Morgan fingerprint density at radius 1 is 1.18 bits per heavy atom. The van der Waals surface area contributed by atoms with Crippen molar-refractivity contribution in [1.82, 2.24) is 4.90 Å². The van der Waals surface area contributed by atoms with Gasteiger partial charge in [0.2, 0.25) is 0 Å². The topological polar surface area (TPSA) is 38.8 Å². The Morgan fingerprint density at radius 2 is 1.94 bits per heavy atom. The summed E-state index contributed by atoms with van der Waals surface area (Å²) >= 11 is 0. The van der Waals surface area contributed by atoms with Gasteiger partial charge in [-0.1, -0.05) is 56.0 Å². The van der Waals surface area contributed by atoms with E-state index in [0.29, 0.717) is 12.5 Å². The first-order valence-corrected chi connectivity index (χ1v) is 12.1. The molecular formula is C29H35NO3. The molecule has 0 radical (unpaired) electrons. The molecule has 1 aromatic rings. The molecule has 2 fully saturated rings. The zero-order valence-corrected chi connectivity index (χ0v) is 19.8. The van der Waals surface area contributed by atoms with Gasteiger partial charge in [0.25, 0.3) is 5.91 Å². The van der Waals surface area contributed by atoms with Crippen molar-refractivity contribution in [2.75, 3.05) is 19.7 Å². The van der Waals surface area contributed by atoms with Crippen LogP contribution in [0.2, 0.25) is 0 Å². The number of amides is 1. The molecule has 0 N–H and O–H groups in total. The molecule has 174 valence electrons. The van der Waals surface area contributed by atoms with Crippen LogP contribution in [-0.2, 0) is 9.53 Å². The maximum atomic E-state index is 12.7. The number of piperidine rings is 1. The standard InChI is InChI=1S/C29H35NO3/c1-4-5-8-24-20-25(9-6-7-21(24)2)23-10-12-26(13-11-23)33-27-14-17-30(18-15-27)29(31)28-22(3)16-19-32-28/h4-6,8-13,20,22,27-28H,2,7,14-19H2,1,3H3/b5-4-,24-8-/t22-,28+/m0/s1. The van der Waals surface area contributed by atoms with E-state index in [9.17, 15) is 4.79 Å². The van der Waals surface area contributed by atoms with Gasteiger partial charge in [0.15, 0.2) is 0 Å². The van der Waals surface area contributed by atoms with Crippen LogP contribution in [0, 0.1) is 5.92 Å². The van der Waals surface area contributed by atoms with Gasteiger partial charge in [-0.15, -0.1) is 0 Å². The van der Waals surface area contributed by atoms with Crippen LogP contribution in [0.1, 0.15) is 45.1 Å². The fourth-order valence-electron chi connectivity index (χ4n) is 4.61. The summed E-state index contributed by atoms with van der Waals surface area (Å²) in [6.45, 7) is 10.5. The van der Waals surface area contributed by atoms with E-state index >= 15 is 0 Å². The SMILES string of the molecule is C=C1CC=CC(c2ccc(OC3CCN(C(=O)[C@@H]4OCC[C@@H]4C)CC3)cc2)=C/C1=C/C=C\C. The zero-order valence-electron chi connectivity index (χ0n) is 19.8. The molecule has 4 nitrogen and oxygen atoms in total. The van der Waals surface area contributed by atoms with E-state index in [0.717, 1.165) is 61.2 Å². The van der Waals surface area contributed by atoms with Gasteiger partial charge >= 0.3 is 0 Å². The molecule has 1 amide bonds. The Labute approximate surface area is 198 Å². The van der Waals surface area contributed by atoms with Crippen molar-refractivity contribution >= 4 is 11.5 Å². The van der Waals surface area contributed by atoms with Gasteiger partial charge in [0.05, 0.1) is 0 Å². The molecule has 1 aliphatic carbocycles. The minimum atomic E-state index is -0.257. The van der Waals surface area contributed by atoms with E-state index in [4.69, 9.17) is 9.47 Å². The van der Waals surface area contributed by atoms with Crippen LogP contribution in [0.25, 0.3) is 5.57 Å². The fourth-order valence-corrected chi connectivity index (χ4v) is 4.61. The Morgan fingerprint density at radius 3 is 2.61 bits per heavy atom. The number of benzene rings is 1. The predicted molar refractivity (Wildman–Crippen MR) is 134 cm³/mol. The van der Waals surface area contributed by atoms with Gasteiger partial charge in [-0.25, -0.2) is 0 Å². The minimum Gasteiger partial charge on any atom is -0.490 e. The number of hydrogen-bond donors (Lipinski definition) is 0. The lowest BCUT2D eigenvalue weighted by molar-refractivity contribution is -0.144. The van der Waals surface area contributed by atoms with Crippen LogP contribution < -0.4 is 4.74 Å². The molecule has 2 aliphatic heterocycles. The van der Waals surface area contributed by atoms with E-state index < -0.39 is 0 Å². The number of allylic oxidation sites excluding steroid dienone is 9. The van der Waals surface area contributed by atoms with Crippen LogP contribution >= 0.6 is 0 Å². The minimum absolute atomic E-state index is 0.137. The van der Waals surface area contributed by atoms with Crippen LogP contribution in [0.3, 0.4) is 0 Å². The molecule has 2 atom stereocenters. The number of ether oxygens (including phenoxy) is 2. The lowest BCUT2D eigenvalue weighted by Gasteiger charge is -2.34. The highest BCUT2D eigenvalue weighted by molar-refractivity contribution is 5.81. The van der Waals surface area contributed by atoms with Gasteiger partial charge in [0, 0.05) is 32.5 Å². The molecular weight excluding hydrogens is 410 g/mol. The van der Waals surface area contributed by atoms with Crippen molar-refractivity contribution in [3.05, 3.63) is 84.0 Å². The first-order chi connectivity index (χ1) is 16.0. The number of rotatable bonds is 5. The van der Waals surface area contributed by atoms with Crippen LogP contribution in [-0.4, -0.2) is 42.7 Å². The van der Waals surface area contributed by atoms with E-state index in [1.54, 1.807) is 0 Å². The summed E-state index contributed by atoms with van der Waals surface area (Å²) in [5.74, 6) is 1.35. The Balaban J connectivity index is 1.35. The number of hydrogen-bond acceptors (Lipinski definition) is 3. The summed E-state index contributed by atoms with van der Waals surface area (Å²) in [6.07, 6.45) is 16.1. The number of carbonyl (C=O) groups is 1. The summed E-state index contributed by atoms with van der Waals surface area (Å²) in [5, 5.41) is 0. The Kier molecular flexibility index (Phi) is 7.66. The van der Waals surface area contributed by atoms with Crippen LogP contribution in [0.5, 0.6) is 5.75 Å². The van der Waals surface area contributed by atoms with Crippen LogP contribution in [0.4, 0.5) is 0 Å². The summed E-state index contributed by atoms with van der Waals surface area (Å²) in [7, 11) is 0. The highest BCUT2D eigenvalue weighted by Gasteiger charge is 2.35. The Bertz CT molecular complexity index is 975. The maximum absolute atomic E-state index is 12.7. The summed E-state index contributed by atoms with van der Waals surface area (Å²) in [6, 6.07) is 8.32. The summed E-state index contributed by atoms with van der Waals surface area (Å²) in [5.41, 5.74) is 4.61. The van der Waals surface area contributed by atoms with Crippen molar-refractivity contribution < 1.29 is 14.3 Å². The number of nitrogens with zero attached hydrogens (tertiary/aromatic N) is 1. The molecule has 2 saturated heterocycles. The molecule has 33 heavy (non-hydrogen) atoms. The third-order valence-electron chi connectivity index (χ3n) is 6.72. The fraction of sp³-hybridized carbons (Fsp3) is 0.414.